The molecule has 172 valence electrons. The van der Waals surface area contributed by atoms with E-state index in [0.717, 1.165) is 32.8 Å². The van der Waals surface area contributed by atoms with E-state index in [2.05, 4.69) is 14.7 Å². The summed E-state index contributed by atoms with van der Waals surface area (Å²) in [5.41, 5.74) is 3.29. The molecule has 2 aliphatic heterocycles. The van der Waals surface area contributed by atoms with Crippen molar-refractivity contribution in [2.45, 2.75) is 27.3 Å². The standard InChI is InChI=1S/C26H25N5O2S/c1-16(2)25-29-31-23(27)21(24(32)28-26(31)34-25)14-18-15-30(22-10-5-4-9-20(18)22)11-12-33-19-8-6-7-17(3)13-19/h4-10,13-16,27H,11-12H2,1-3H3/b21-14-,27-23?. The molecule has 0 aliphatic carbocycles. The highest BCUT2D eigenvalue weighted by Crippen LogP contribution is 2.32. The van der Waals surface area contributed by atoms with E-state index in [1.165, 1.54) is 16.8 Å². The molecule has 0 radical (unpaired) electrons. The van der Waals surface area contributed by atoms with Crippen LogP contribution in [-0.4, -0.2) is 38.1 Å². The SMILES string of the molecule is Cc1cccc(OCCn2cc(/C=C3/C(=N)N4N=C(C(C)C)SC4=NC3=O)c3ccccc32)c1. The van der Waals surface area contributed by atoms with Crippen LogP contribution in [0, 0.1) is 18.3 Å². The van der Waals surface area contributed by atoms with E-state index < -0.39 is 5.91 Å². The summed E-state index contributed by atoms with van der Waals surface area (Å²) < 4.78 is 8.06. The zero-order valence-electron chi connectivity index (χ0n) is 19.3. The van der Waals surface area contributed by atoms with Crippen molar-refractivity contribution in [1.29, 1.82) is 5.41 Å². The molecule has 0 bridgehead atoms. The van der Waals surface area contributed by atoms with Crippen LogP contribution in [0.1, 0.15) is 25.0 Å². The smallest absolute Gasteiger partial charge is 0.283 e. The van der Waals surface area contributed by atoms with Crippen LogP contribution in [0.3, 0.4) is 0 Å². The summed E-state index contributed by atoms with van der Waals surface area (Å²) in [5.74, 6) is 0.688. The molecule has 1 aromatic heterocycles. The summed E-state index contributed by atoms with van der Waals surface area (Å²) in [5, 5.41) is 16.9. The van der Waals surface area contributed by atoms with Gasteiger partial charge in [-0.1, -0.05) is 44.2 Å². The molecule has 0 spiro atoms. The van der Waals surface area contributed by atoms with Gasteiger partial charge in [-0.25, -0.2) is 0 Å². The Hall–Kier alpha value is -3.65. The highest BCUT2D eigenvalue weighted by molar-refractivity contribution is 8.27. The largest absolute Gasteiger partial charge is 0.492 e. The van der Waals surface area contributed by atoms with Crippen LogP contribution in [0.2, 0.25) is 0 Å². The zero-order chi connectivity index (χ0) is 23.8. The van der Waals surface area contributed by atoms with Crippen molar-refractivity contribution >= 4 is 50.7 Å². The molecule has 3 heterocycles. The van der Waals surface area contributed by atoms with Gasteiger partial charge in [-0.3, -0.25) is 10.2 Å². The molecule has 3 aromatic rings. The first-order chi connectivity index (χ1) is 16.4. The number of para-hydroxylation sites is 1. The van der Waals surface area contributed by atoms with E-state index in [9.17, 15) is 4.79 Å². The normalized spacial score (nSPS) is 16.9. The summed E-state index contributed by atoms with van der Waals surface area (Å²) in [6.45, 7) is 7.27. The maximum Gasteiger partial charge on any atom is 0.283 e. The average molecular weight is 472 g/mol. The molecular weight excluding hydrogens is 446 g/mol. The Morgan fingerprint density at radius 2 is 2.00 bits per heavy atom. The molecule has 34 heavy (non-hydrogen) atoms. The third-order valence-corrected chi connectivity index (χ3v) is 6.88. The van der Waals surface area contributed by atoms with Gasteiger partial charge in [0.25, 0.3) is 5.91 Å². The fraction of sp³-hybridized carbons (Fsp3) is 0.231. The van der Waals surface area contributed by atoms with Crippen LogP contribution in [0.5, 0.6) is 5.75 Å². The molecule has 0 fully saturated rings. The van der Waals surface area contributed by atoms with Gasteiger partial charge in [-0.2, -0.15) is 15.1 Å². The highest BCUT2D eigenvalue weighted by atomic mass is 32.2. The maximum absolute atomic E-state index is 12.8. The third-order valence-electron chi connectivity index (χ3n) is 5.67. The monoisotopic (exact) mass is 471 g/mol. The van der Waals surface area contributed by atoms with Gasteiger partial charge in [-0.05, 0) is 48.5 Å². The van der Waals surface area contributed by atoms with Crippen molar-refractivity contribution in [3.63, 3.8) is 0 Å². The van der Waals surface area contributed by atoms with Crippen molar-refractivity contribution in [3.05, 3.63) is 71.4 Å². The van der Waals surface area contributed by atoms with Gasteiger partial charge in [0.05, 0.1) is 12.1 Å². The van der Waals surface area contributed by atoms with E-state index >= 15 is 0 Å². The fourth-order valence-corrected chi connectivity index (χ4v) is 4.83. The van der Waals surface area contributed by atoms with Gasteiger partial charge in [-0.15, -0.1) is 0 Å². The number of fused-ring (bicyclic) bond motifs is 2. The number of hydrogen-bond donors (Lipinski definition) is 1. The van der Waals surface area contributed by atoms with Crippen molar-refractivity contribution in [2.24, 2.45) is 16.0 Å². The molecule has 2 aromatic carbocycles. The minimum absolute atomic E-state index is 0.0535. The molecule has 2 aliphatic rings. The van der Waals surface area contributed by atoms with Gasteiger partial charge < -0.3 is 9.30 Å². The second kappa shape index (κ2) is 8.95. The number of aromatic nitrogens is 1. The number of rotatable bonds is 6. The lowest BCUT2D eigenvalue weighted by Crippen LogP contribution is -2.35. The van der Waals surface area contributed by atoms with Gasteiger partial charge in [0.2, 0.25) is 5.17 Å². The summed E-state index contributed by atoms with van der Waals surface area (Å²) in [7, 11) is 0. The molecule has 0 unspecified atom stereocenters. The summed E-state index contributed by atoms with van der Waals surface area (Å²) >= 11 is 1.35. The van der Waals surface area contributed by atoms with Crippen LogP contribution in [-0.2, 0) is 11.3 Å². The van der Waals surface area contributed by atoms with Crippen LogP contribution in [0.15, 0.2) is 70.4 Å². The molecule has 0 saturated carbocycles. The van der Waals surface area contributed by atoms with E-state index in [0.29, 0.717) is 18.3 Å². The number of carbonyl (C=O) groups excluding carboxylic acids is 1. The summed E-state index contributed by atoms with van der Waals surface area (Å²) in [6.07, 6.45) is 3.75. The number of amidine groups is 2. The van der Waals surface area contributed by atoms with E-state index in [-0.39, 0.29) is 17.3 Å². The Bertz CT molecular complexity index is 1400. The van der Waals surface area contributed by atoms with Crippen LogP contribution in [0.4, 0.5) is 0 Å². The molecular formula is C26H25N5O2S. The minimum atomic E-state index is -0.413. The number of thioether (sulfide) groups is 1. The van der Waals surface area contributed by atoms with Crippen LogP contribution in [0.25, 0.3) is 17.0 Å². The predicted octanol–water partition coefficient (Wildman–Crippen LogP) is 5.30. The Morgan fingerprint density at radius 3 is 2.79 bits per heavy atom. The topological polar surface area (TPSA) is 83.0 Å². The van der Waals surface area contributed by atoms with Crippen molar-refractivity contribution in [1.82, 2.24) is 9.58 Å². The predicted molar refractivity (Wildman–Crippen MR) is 138 cm³/mol. The maximum atomic E-state index is 12.8. The number of hydrogen-bond acceptors (Lipinski definition) is 5. The van der Waals surface area contributed by atoms with Crippen molar-refractivity contribution < 1.29 is 9.53 Å². The first-order valence-electron chi connectivity index (χ1n) is 11.2. The number of carbonyl (C=O) groups is 1. The quantitative estimate of drug-likeness (QED) is 0.494. The number of nitrogens with one attached hydrogen (secondary N) is 1. The molecule has 0 atom stereocenters. The zero-order valence-corrected chi connectivity index (χ0v) is 20.1. The second-order valence-corrected chi connectivity index (χ2v) is 9.56. The van der Waals surface area contributed by atoms with E-state index in [4.69, 9.17) is 10.1 Å². The summed E-state index contributed by atoms with van der Waals surface area (Å²) in [6, 6.07) is 16.0. The number of nitrogens with zero attached hydrogens (tertiary/aromatic N) is 4. The number of amides is 1. The minimum Gasteiger partial charge on any atom is -0.492 e. The Kier molecular flexibility index (Phi) is 5.83. The number of ether oxygens (including phenoxy) is 1. The molecule has 0 saturated heterocycles. The number of benzene rings is 2. The van der Waals surface area contributed by atoms with E-state index in [1.54, 1.807) is 6.08 Å². The molecule has 1 N–H and O–H groups in total. The molecule has 8 heteroatoms. The average Bonchev–Trinajstić information content (AvgIpc) is 3.39. The van der Waals surface area contributed by atoms with Crippen LogP contribution >= 0.6 is 11.8 Å². The van der Waals surface area contributed by atoms with Gasteiger partial charge in [0.15, 0.2) is 5.84 Å². The van der Waals surface area contributed by atoms with Crippen LogP contribution < -0.4 is 4.74 Å². The first kappa shape index (κ1) is 22.2. The Labute approximate surface area is 202 Å². The van der Waals surface area contributed by atoms with Gasteiger partial charge >= 0.3 is 0 Å². The molecule has 5 rings (SSSR count). The summed E-state index contributed by atoms with van der Waals surface area (Å²) in [4.78, 5) is 17.0. The second-order valence-electron chi connectivity index (χ2n) is 8.57. The Morgan fingerprint density at radius 1 is 1.18 bits per heavy atom. The third kappa shape index (κ3) is 4.17. The van der Waals surface area contributed by atoms with Gasteiger partial charge in [0.1, 0.15) is 17.4 Å². The number of aliphatic imine (C=N–C) groups is 1. The molecule has 7 nitrogen and oxygen atoms in total. The van der Waals surface area contributed by atoms with Crippen molar-refractivity contribution in [2.75, 3.05) is 6.61 Å². The molecule has 1 amide bonds. The lowest BCUT2D eigenvalue weighted by Gasteiger charge is -2.20. The Balaban J connectivity index is 1.43. The lowest BCUT2D eigenvalue weighted by atomic mass is 10.1. The number of hydrazone groups is 1. The number of aryl methyl sites for hydroxylation is 1. The first-order valence-corrected chi connectivity index (χ1v) is 12.0. The highest BCUT2D eigenvalue weighted by Gasteiger charge is 2.36. The fourth-order valence-electron chi connectivity index (χ4n) is 3.94. The van der Waals surface area contributed by atoms with E-state index in [1.807, 2.05) is 75.5 Å². The van der Waals surface area contributed by atoms with Crippen molar-refractivity contribution in [3.8, 4) is 5.75 Å². The van der Waals surface area contributed by atoms with Gasteiger partial charge in [0, 0.05) is 28.6 Å². The lowest BCUT2D eigenvalue weighted by molar-refractivity contribution is -0.114.